The summed E-state index contributed by atoms with van der Waals surface area (Å²) in [5, 5.41) is 6.32. The van der Waals surface area contributed by atoms with Crippen LogP contribution in [0, 0.1) is 5.82 Å². The van der Waals surface area contributed by atoms with Gasteiger partial charge in [0.05, 0.1) is 18.0 Å². The lowest BCUT2D eigenvalue weighted by molar-refractivity contribution is -0.122. The first kappa shape index (κ1) is 23.4. The van der Waals surface area contributed by atoms with E-state index in [0.29, 0.717) is 60.3 Å². The smallest absolute Gasteiger partial charge is 0.258 e. The van der Waals surface area contributed by atoms with E-state index in [1.165, 1.54) is 13.2 Å². The molecule has 34 heavy (non-hydrogen) atoms. The summed E-state index contributed by atoms with van der Waals surface area (Å²) >= 11 is 0. The van der Waals surface area contributed by atoms with Crippen molar-refractivity contribution in [2.45, 2.75) is 44.1 Å². The normalized spacial score (nSPS) is 17.5. The molecule has 1 atom stereocenters. The fourth-order valence-corrected chi connectivity index (χ4v) is 4.37. The first-order valence-corrected chi connectivity index (χ1v) is 11.3. The SMILES string of the molecule is COc1ccc(F)c(C[C@]2(CCC(=O)NCCc3nc4ccccc4c(=O)[nH]3)CCC(=O)N2)c1. The molecule has 0 radical (unpaired) electrons. The van der Waals surface area contributed by atoms with Crippen LogP contribution in [0.5, 0.6) is 5.75 Å². The van der Waals surface area contributed by atoms with Crippen LogP contribution in [0.15, 0.2) is 47.3 Å². The van der Waals surface area contributed by atoms with Gasteiger partial charge in [0.25, 0.3) is 5.56 Å². The van der Waals surface area contributed by atoms with Crippen LogP contribution in [0.4, 0.5) is 4.39 Å². The molecule has 1 aromatic heterocycles. The summed E-state index contributed by atoms with van der Waals surface area (Å²) in [7, 11) is 1.51. The Kier molecular flexibility index (Phi) is 6.90. The minimum absolute atomic E-state index is 0.102. The lowest BCUT2D eigenvalue weighted by Crippen LogP contribution is -2.44. The Morgan fingerprint density at radius 1 is 1.24 bits per heavy atom. The van der Waals surface area contributed by atoms with E-state index in [1.54, 1.807) is 30.3 Å². The Hall–Kier alpha value is -3.75. The van der Waals surface area contributed by atoms with Crippen LogP contribution in [0.3, 0.4) is 0 Å². The van der Waals surface area contributed by atoms with Crippen molar-refractivity contribution in [2.75, 3.05) is 13.7 Å². The van der Waals surface area contributed by atoms with E-state index in [9.17, 15) is 18.8 Å². The summed E-state index contributed by atoms with van der Waals surface area (Å²) in [4.78, 5) is 43.8. The Bertz CT molecular complexity index is 1280. The Morgan fingerprint density at radius 3 is 2.82 bits per heavy atom. The molecule has 0 aliphatic carbocycles. The van der Waals surface area contributed by atoms with Crippen molar-refractivity contribution < 1.29 is 18.7 Å². The summed E-state index contributed by atoms with van der Waals surface area (Å²) in [6, 6.07) is 11.6. The lowest BCUT2D eigenvalue weighted by Gasteiger charge is -2.29. The van der Waals surface area contributed by atoms with Crippen LogP contribution >= 0.6 is 0 Å². The van der Waals surface area contributed by atoms with Crippen molar-refractivity contribution in [3.63, 3.8) is 0 Å². The third kappa shape index (κ3) is 5.41. The van der Waals surface area contributed by atoms with Gasteiger partial charge in [-0.25, -0.2) is 9.37 Å². The first-order chi connectivity index (χ1) is 16.4. The second kappa shape index (κ2) is 10.0. The van der Waals surface area contributed by atoms with Crippen molar-refractivity contribution in [2.24, 2.45) is 0 Å². The quantitative estimate of drug-likeness (QED) is 0.448. The number of aromatic amines is 1. The maximum atomic E-state index is 14.4. The first-order valence-electron chi connectivity index (χ1n) is 11.3. The summed E-state index contributed by atoms with van der Waals surface area (Å²) in [5.74, 6) is 0.374. The molecule has 1 aliphatic heterocycles. The number of aromatic nitrogens is 2. The highest BCUT2D eigenvalue weighted by atomic mass is 19.1. The number of nitrogens with zero attached hydrogens (tertiary/aromatic N) is 1. The van der Waals surface area contributed by atoms with Gasteiger partial charge in [-0.2, -0.15) is 0 Å². The number of nitrogens with one attached hydrogen (secondary N) is 3. The number of hydrogen-bond acceptors (Lipinski definition) is 5. The van der Waals surface area contributed by atoms with Crippen molar-refractivity contribution in [1.29, 1.82) is 0 Å². The summed E-state index contributed by atoms with van der Waals surface area (Å²) in [6.07, 6.45) is 2.08. The van der Waals surface area contributed by atoms with Crippen LogP contribution in [-0.2, 0) is 22.4 Å². The monoisotopic (exact) mass is 466 g/mol. The van der Waals surface area contributed by atoms with Gasteiger partial charge in [0.15, 0.2) is 0 Å². The van der Waals surface area contributed by atoms with Crippen LogP contribution in [0.25, 0.3) is 10.9 Å². The van der Waals surface area contributed by atoms with E-state index in [0.717, 1.165) is 0 Å². The predicted molar refractivity (Wildman–Crippen MR) is 125 cm³/mol. The number of halogens is 1. The highest BCUT2D eigenvalue weighted by Gasteiger charge is 2.38. The number of carbonyl (C=O) groups excluding carboxylic acids is 2. The molecule has 0 saturated carbocycles. The van der Waals surface area contributed by atoms with Gasteiger partial charge in [-0.1, -0.05) is 12.1 Å². The number of carbonyl (C=O) groups is 2. The molecule has 1 saturated heterocycles. The molecule has 2 amide bonds. The molecule has 4 rings (SSSR count). The Labute approximate surface area is 195 Å². The largest absolute Gasteiger partial charge is 0.497 e. The van der Waals surface area contributed by atoms with Crippen LogP contribution < -0.4 is 20.9 Å². The maximum absolute atomic E-state index is 14.4. The van der Waals surface area contributed by atoms with Crippen molar-refractivity contribution in [1.82, 2.24) is 20.6 Å². The van der Waals surface area contributed by atoms with E-state index >= 15 is 0 Å². The lowest BCUT2D eigenvalue weighted by atomic mass is 9.84. The van der Waals surface area contributed by atoms with Crippen molar-refractivity contribution >= 4 is 22.7 Å². The molecule has 2 aromatic carbocycles. The molecule has 0 spiro atoms. The number of ether oxygens (including phenoxy) is 1. The molecular formula is C25H27FN4O4. The number of fused-ring (bicyclic) bond motifs is 1. The molecule has 3 aromatic rings. The molecule has 2 heterocycles. The van der Waals surface area contributed by atoms with Crippen LogP contribution in [0.2, 0.25) is 0 Å². The topological polar surface area (TPSA) is 113 Å². The number of amides is 2. The molecule has 178 valence electrons. The molecule has 9 heteroatoms. The summed E-state index contributed by atoms with van der Waals surface area (Å²) < 4.78 is 19.6. The van der Waals surface area contributed by atoms with Gasteiger partial charge < -0.3 is 20.4 Å². The van der Waals surface area contributed by atoms with Gasteiger partial charge in [0.1, 0.15) is 17.4 Å². The van der Waals surface area contributed by atoms with Crippen molar-refractivity contribution in [3.8, 4) is 5.75 Å². The minimum atomic E-state index is -0.688. The highest BCUT2D eigenvalue weighted by molar-refractivity contribution is 5.80. The second-order valence-corrected chi connectivity index (χ2v) is 8.59. The summed E-state index contributed by atoms with van der Waals surface area (Å²) in [6.45, 7) is 0.310. The fraction of sp³-hybridized carbons (Fsp3) is 0.360. The zero-order chi connectivity index (χ0) is 24.1. The second-order valence-electron chi connectivity index (χ2n) is 8.59. The van der Waals surface area contributed by atoms with Crippen molar-refractivity contribution in [3.05, 3.63) is 70.0 Å². The van der Waals surface area contributed by atoms with Gasteiger partial charge in [0, 0.05) is 31.3 Å². The third-order valence-electron chi connectivity index (χ3n) is 6.19. The molecule has 8 nitrogen and oxygen atoms in total. The van der Waals surface area contributed by atoms with E-state index in [4.69, 9.17) is 4.74 Å². The third-order valence-corrected chi connectivity index (χ3v) is 6.19. The minimum Gasteiger partial charge on any atom is -0.497 e. The molecule has 3 N–H and O–H groups in total. The fourth-order valence-electron chi connectivity index (χ4n) is 4.37. The molecule has 1 fully saturated rings. The highest BCUT2D eigenvalue weighted by Crippen LogP contribution is 2.31. The Balaban J connectivity index is 1.35. The average Bonchev–Trinajstić information content (AvgIpc) is 3.20. The number of para-hydroxylation sites is 1. The average molecular weight is 467 g/mol. The van der Waals surface area contributed by atoms with E-state index < -0.39 is 5.54 Å². The molecule has 0 bridgehead atoms. The predicted octanol–water partition coefficient (Wildman–Crippen LogP) is 2.40. The molecule has 0 unspecified atom stereocenters. The van der Waals surface area contributed by atoms with Gasteiger partial charge >= 0.3 is 0 Å². The van der Waals surface area contributed by atoms with Crippen LogP contribution in [0.1, 0.15) is 37.1 Å². The Morgan fingerprint density at radius 2 is 2.06 bits per heavy atom. The molecule has 1 aliphatic rings. The van der Waals surface area contributed by atoms with Gasteiger partial charge in [-0.15, -0.1) is 0 Å². The number of hydrogen-bond donors (Lipinski definition) is 3. The van der Waals surface area contributed by atoms with E-state index in [2.05, 4.69) is 20.6 Å². The number of H-pyrrole nitrogens is 1. The number of rotatable bonds is 9. The number of benzene rings is 2. The molecular weight excluding hydrogens is 439 g/mol. The standard InChI is InChI=1S/C25H27FN4O4/c1-34-17-6-7-19(26)16(14-17)15-25(12-9-23(32)30-25)11-8-22(31)27-13-10-21-28-20-5-3-2-4-18(20)24(33)29-21/h2-7,14H,8-13,15H2,1H3,(H,27,31)(H,30,32)(H,28,29,33)/t25-/m0/s1. The van der Waals surface area contributed by atoms with Crippen LogP contribution in [-0.4, -0.2) is 41.0 Å². The van der Waals surface area contributed by atoms with E-state index in [-0.39, 0.29) is 36.0 Å². The van der Waals surface area contributed by atoms with Gasteiger partial charge in [-0.3, -0.25) is 14.4 Å². The summed E-state index contributed by atoms with van der Waals surface area (Å²) in [5.41, 5.74) is 0.146. The zero-order valence-electron chi connectivity index (χ0n) is 18.9. The van der Waals surface area contributed by atoms with Gasteiger partial charge in [0.2, 0.25) is 11.8 Å². The van der Waals surface area contributed by atoms with E-state index in [1.807, 2.05) is 6.07 Å². The maximum Gasteiger partial charge on any atom is 0.258 e. The van der Waals surface area contributed by atoms with Gasteiger partial charge in [-0.05, 0) is 55.2 Å². The zero-order valence-corrected chi connectivity index (χ0v) is 18.9. The number of methoxy groups -OCH3 is 1.